The Morgan fingerprint density at radius 3 is 2.32 bits per heavy atom. The maximum absolute atomic E-state index is 12.9. The molecule has 0 aliphatic carbocycles. The van der Waals surface area contributed by atoms with Gasteiger partial charge in [0.1, 0.15) is 10.6 Å². The zero-order valence-corrected chi connectivity index (χ0v) is 19.1. The van der Waals surface area contributed by atoms with E-state index in [2.05, 4.69) is 5.16 Å². The lowest BCUT2D eigenvalue weighted by Crippen LogP contribution is -2.41. The zero-order valence-electron chi connectivity index (χ0n) is 18.3. The lowest BCUT2D eigenvalue weighted by molar-refractivity contribution is -0.152. The van der Waals surface area contributed by atoms with Gasteiger partial charge in [0, 0.05) is 18.7 Å². The number of nitrogens with zero attached hydrogens (tertiary/aromatic N) is 2. The molecular weight excluding hydrogens is 420 g/mol. The van der Waals surface area contributed by atoms with Gasteiger partial charge in [-0.05, 0) is 45.6 Å². The number of piperidine rings is 1. The molecule has 1 aliphatic heterocycles. The number of carbonyl (C=O) groups is 2. The van der Waals surface area contributed by atoms with Crippen molar-refractivity contribution in [3.63, 3.8) is 0 Å². The fourth-order valence-electron chi connectivity index (χ4n) is 3.77. The van der Waals surface area contributed by atoms with Crippen molar-refractivity contribution in [3.8, 4) is 0 Å². The molecule has 8 nitrogen and oxygen atoms in total. The van der Waals surface area contributed by atoms with E-state index in [4.69, 9.17) is 9.26 Å². The van der Waals surface area contributed by atoms with Gasteiger partial charge in [0.15, 0.2) is 11.9 Å². The number of ether oxygens (including phenoxy) is 1. The summed E-state index contributed by atoms with van der Waals surface area (Å²) in [5.41, 5.74) is 1.94. The molecule has 1 aromatic heterocycles. The van der Waals surface area contributed by atoms with E-state index in [0.717, 1.165) is 12.0 Å². The first-order valence-corrected chi connectivity index (χ1v) is 11.9. The largest absolute Gasteiger partial charge is 0.454 e. The van der Waals surface area contributed by atoms with Crippen LogP contribution in [0.15, 0.2) is 33.7 Å². The van der Waals surface area contributed by atoms with Crippen molar-refractivity contribution < 1.29 is 27.3 Å². The highest BCUT2D eigenvalue weighted by molar-refractivity contribution is 7.89. The molecule has 0 N–H and O–H groups in total. The summed E-state index contributed by atoms with van der Waals surface area (Å²) >= 11 is 0. The molecule has 1 fully saturated rings. The van der Waals surface area contributed by atoms with Crippen LogP contribution < -0.4 is 0 Å². The van der Waals surface area contributed by atoms with Crippen LogP contribution >= 0.6 is 0 Å². The predicted molar refractivity (Wildman–Crippen MR) is 113 cm³/mol. The molecule has 1 aromatic carbocycles. The van der Waals surface area contributed by atoms with E-state index in [1.165, 1.54) is 4.31 Å². The molecule has 0 bridgehead atoms. The van der Waals surface area contributed by atoms with Crippen molar-refractivity contribution in [2.75, 3.05) is 13.1 Å². The van der Waals surface area contributed by atoms with Crippen LogP contribution in [0.25, 0.3) is 0 Å². The molecule has 0 saturated carbocycles. The summed E-state index contributed by atoms with van der Waals surface area (Å²) in [5, 5.41) is 3.72. The van der Waals surface area contributed by atoms with Crippen LogP contribution in [-0.2, 0) is 26.0 Å². The van der Waals surface area contributed by atoms with Crippen LogP contribution in [0.1, 0.15) is 54.1 Å². The Morgan fingerprint density at radius 2 is 1.81 bits per heavy atom. The van der Waals surface area contributed by atoms with Crippen molar-refractivity contribution in [2.24, 2.45) is 5.92 Å². The maximum Gasteiger partial charge on any atom is 0.309 e. The van der Waals surface area contributed by atoms with E-state index in [1.54, 1.807) is 32.9 Å². The molecule has 3 rings (SSSR count). The normalized spacial score (nSPS) is 16.8. The molecule has 9 heteroatoms. The monoisotopic (exact) mass is 448 g/mol. The van der Waals surface area contributed by atoms with E-state index in [9.17, 15) is 18.0 Å². The number of benzene rings is 1. The van der Waals surface area contributed by atoms with Crippen LogP contribution in [-0.4, -0.2) is 48.8 Å². The van der Waals surface area contributed by atoms with Crippen molar-refractivity contribution >= 4 is 21.8 Å². The summed E-state index contributed by atoms with van der Waals surface area (Å²) in [6.45, 7) is 7.12. The highest BCUT2D eigenvalue weighted by Gasteiger charge is 2.36. The van der Waals surface area contributed by atoms with Gasteiger partial charge in [-0.25, -0.2) is 8.42 Å². The number of rotatable bonds is 7. The topological polar surface area (TPSA) is 107 Å². The summed E-state index contributed by atoms with van der Waals surface area (Å²) in [7, 11) is -3.74. The Kier molecular flexibility index (Phi) is 6.96. The van der Waals surface area contributed by atoms with E-state index in [1.807, 2.05) is 19.1 Å². The summed E-state index contributed by atoms with van der Waals surface area (Å²) < 4.78 is 37.5. The highest BCUT2D eigenvalue weighted by Crippen LogP contribution is 2.28. The van der Waals surface area contributed by atoms with Crippen LogP contribution in [0.3, 0.4) is 0 Å². The van der Waals surface area contributed by atoms with Crippen LogP contribution in [0.5, 0.6) is 0 Å². The Hall–Kier alpha value is -2.52. The van der Waals surface area contributed by atoms with Crippen LogP contribution in [0.2, 0.25) is 0 Å². The first-order valence-electron chi connectivity index (χ1n) is 10.4. The third kappa shape index (κ3) is 4.88. The number of esters is 1. The number of Topliss-reactive ketones (excluding diaryl/α,β-unsaturated/α-hetero) is 1. The average Bonchev–Trinajstić information content (AvgIpc) is 3.11. The van der Waals surface area contributed by atoms with Gasteiger partial charge in [0.05, 0.1) is 5.92 Å². The summed E-state index contributed by atoms with van der Waals surface area (Å²) in [4.78, 5) is 25.2. The minimum absolute atomic E-state index is 0.0850. The second kappa shape index (κ2) is 9.32. The third-order valence-corrected chi connectivity index (χ3v) is 7.81. The van der Waals surface area contributed by atoms with Gasteiger partial charge in [-0.2, -0.15) is 4.31 Å². The molecule has 168 valence electrons. The second-order valence-electron chi connectivity index (χ2n) is 7.83. The Bertz CT molecular complexity index is 1030. The molecular formula is C22H28N2O6S. The summed E-state index contributed by atoms with van der Waals surface area (Å²) in [6.07, 6.45) is 0.633. The third-order valence-electron chi connectivity index (χ3n) is 5.66. The number of carbonyl (C=O) groups excluding carboxylic acids is 2. The predicted octanol–water partition coefficient (Wildman–Crippen LogP) is 3.07. The minimum atomic E-state index is -3.74. The summed E-state index contributed by atoms with van der Waals surface area (Å²) in [5.74, 6) is -0.929. The van der Waals surface area contributed by atoms with Gasteiger partial charge < -0.3 is 9.26 Å². The molecule has 0 spiro atoms. The average molecular weight is 449 g/mol. The molecule has 2 heterocycles. The molecule has 1 atom stereocenters. The fourth-order valence-corrected chi connectivity index (χ4v) is 5.53. The molecule has 0 amide bonds. The van der Waals surface area contributed by atoms with E-state index >= 15 is 0 Å². The van der Waals surface area contributed by atoms with Crippen LogP contribution in [0, 0.1) is 19.8 Å². The van der Waals surface area contributed by atoms with Crippen molar-refractivity contribution in [1.82, 2.24) is 9.46 Å². The number of aromatic nitrogens is 1. The van der Waals surface area contributed by atoms with Crippen molar-refractivity contribution in [1.29, 1.82) is 0 Å². The lowest BCUT2D eigenvalue weighted by Gasteiger charge is -2.30. The molecule has 1 saturated heterocycles. The van der Waals surface area contributed by atoms with Gasteiger partial charge >= 0.3 is 5.97 Å². The van der Waals surface area contributed by atoms with Gasteiger partial charge in [-0.3, -0.25) is 9.59 Å². The van der Waals surface area contributed by atoms with E-state index < -0.39 is 28.0 Å². The number of sulfonamides is 1. The number of hydrogen-bond donors (Lipinski definition) is 0. The SMILES string of the molecule is CCc1ccc(C(=O)[C@H](C)OC(=O)C2CCN(S(=O)(=O)c3c(C)noc3C)CC2)cc1. The van der Waals surface area contributed by atoms with Gasteiger partial charge in [-0.15, -0.1) is 0 Å². The number of ketones is 1. The molecule has 2 aromatic rings. The van der Waals surface area contributed by atoms with Gasteiger partial charge in [0.25, 0.3) is 0 Å². The Morgan fingerprint density at radius 1 is 1.19 bits per heavy atom. The number of aryl methyl sites for hydroxylation is 3. The Balaban J connectivity index is 1.58. The minimum Gasteiger partial charge on any atom is -0.454 e. The Labute approximate surface area is 182 Å². The summed E-state index contributed by atoms with van der Waals surface area (Å²) in [6, 6.07) is 7.25. The smallest absolute Gasteiger partial charge is 0.309 e. The highest BCUT2D eigenvalue weighted by atomic mass is 32.2. The van der Waals surface area contributed by atoms with E-state index in [0.29, 0.717) is 24.1 Å². The number of hydrogen-bond acceptors (Lipinski definition) is 7. The van der Waals surface area contributed by atoms with Crippen molar-refractivity contribution in [3.05, 3.63) is 46.8 Å². The molecule has 31 heavy (non-hydrogen) atoms. The fraction of sp³-hybridized carbons (Fsp3) is 0.500. The molecule has 0 unspecified atom stereocenters. The maximum atomic E-state index is 12.9. The second-order valence-corrected chi connectivity index (χ2v) is 9.70. The molecule has 1 aliphatic rings. The first kappa shape index (κ1) is 23.1. The zero-order chi connectivity index (χ0) is 22.8. The lowest BCUT2D eigenvalue weighted by atomic mass is 9.98. The standard InChI is InChI=1S/C22H28N2O6S/c1-5-17-6-8-18(9-7-17)20(25)15(3)29-22(26)19-10-12-24(13-11-19)31(27,28)21-14(2)23-30-16(21)4/h6-9,15,19H,5,10-13H2,1-4H3/t15-/m0/s1. The van der Waals surface area contributed by atoms with Gasteiger partial charge in [-0.1, -0.05) is 36.3 Å². The van der Waals surface area contributed by atoms with Gasteiger partial charge in [0.2, 0.25) is 15.8 Å². The quantitative estimate of drug-likeness (QED) is 0.473. The molecule has 0 radical (unpaired) electrons. The van der Waals surface area contributed by atoms with Crippen molar-refractivity contribution in [2.45, 2.75) is 58.0 Å². The van der Waals surface area contributed by atoms with Crippen LogP contribution in [0.4, 0.5) is 0 Å². The first-order chi connectivity index (χ1) is 14.6. The van der Waals surface area contributed by atoms with E-state index in [-0.39, 0.29) is 29.5 Å².